The number of nitrogens with zero attached hydrogens (tertiary/aromatic N) is 2. The molecule has 3 nitrogen and oxygen atoms in total. The van der Waals surface area contributed by atoms with Crippen molar-refractivity contribution in [1.82, 2.24) is 9.38 Å². The number of hydrogen-bond acceptors (Lipinski definition) is 2. The molecule has 3 rings (SSSR count). The standard InChI is InChI=1S/C14H19N3/c1-9(15)12-6-7-17-13(8-12)10(2)16-14(17)11-4-3-5-11/h6-9,11H,3-5,15H2,1-2H3. The lowest BCUT2D eigenvalue weighted by Gasteiger charge is -2.24. The van der Waals surface area contributed by atoms with Crippen LogP contribution in [-0.2, 0) is 0 Å². The normalized spacial score (nSPS) is 18.3. The van der Waals surface area contributed by atoms with Crippen molar-refractivity contribution in [2.24, 2.45) is 5.73 Å². The molecule has 0 spiro atoms. The van der Waals surface area contributed by atoms with Gasteiger partial charge in [0.1, 0.15) is 5.82 Å². The molecule has 0 amide bonds. The second-order valence-electron chi connectivity index (χ2n) is 5.19. The third-order valence-corrected chi connectivity index (χ3v) is 3.87. The molecular formula is C14H19N3. The summed E-state index contributed by atoms with van der Waals surface area (Å²) >= 11 is 0. The van der Waals surface area contributed by atoms with E-state index in [0.29, 0.717) is 5.92 Å². The van der Waals surface area contributed by atoms with Crippen molar-refractivity contribution in [3.63, 3.8) is 0 Å². The van der Waals surface area contributed by atoms with Crippen LogP contribution in [0.3, 0.4) is 0 Å². The Morgan fingerprint density at radius 3 is 2.82 bits per heavy atom. The summed E-state index contributed by atoms with van der Waals surface area (Å²) in [6.07, 6.45) is 6.04. The summed E-state index contributed by atoms with van der Waals surface area (Å²) in [5.74, 6) is 1.90. The average Bonchev–Trinajstić information content (AvgIpc) is 2.54. The Hall–Kier alpha value is -1.35. The molecular weight excluding hydrogens is 210 g/mol. The number of aromatic nitrogens is 2. The number of fused-ring (bicyclic) bond motifs is 1. The lowest BCUT2D eigenvalue weighted by molar-refractivity contribution is 0.400. The summed E-state index contributed by atoms with van der Waals surface area (Å²) in [7, 11) is 0. The fourth-order valence-electron chi connectivity index (χ4n) is 2.52. The molecule has 3 heteroatoms. The van der Waals surface area contributed by atoms with Crippen molar-refractivity contribution in [2.75, 3.05) is 0 Å². The molecule has 2 N–H and O–H groups in total. The van der Waals surface area contributed by atoms with E-state index in [9.17, 15) is 0 Å². The molecule has 90 valence electrons. The summed E-state index contributed by atoms with van der Waals surface area (Å²) < 4.78 is 2.24. The van der Waals surface area contributed by atoms with Gasteiger partial charge in [-0.25, -0.2) is 4.98 Å². The van der Waals surface area contributed by atoms with E-state index < -0.39 is 0 Å². The van der Waals surface area contributed by atoms with Gasteiger partial charge >= 0.3 is 0 Å². The van der Waals surface area contributed by atoms with Crippen molar-refractivity contribution in [3.05, 3.63) is 35.4 Å². The fourth-order valence-corrected chi connectivity index (χ4v) is 2.52. The highest BCUT2D eigenvalue weighted by Crippen LogP contribution is 2.36. The van der Waals surface area contributed by atoms with Gasteiger partial charge in [0, 0.05) is 18.2 Å². The predicted molar refractivity (Wildman–Crippen MR) is 69.1 cm³/mol. The molecule has 0 aliphatic heterocycles. The fraction of sp³-hybridized carbons (Fsp3) is 0.500. The molecule has 0 bridgehead atoms. The van der Waals surface area contributed by atoms with Crippen LogP contribution in [0, 0.1) is 6.92 Å². The minimum Gasteiger partial charge on any atom is -0.324 e. The summed E-state index contributed by atoms with van der Waals surface area (Å²) in [4.78, 5) is 4.73. The number of nitrogens with two attached hydrogens (primary N) is 1. The van der Waals surface area contributed by atoms with E-state index in [2.05, 4.69) is 29.7 Å². The number of aryl methyl sites for hydroxylation is 1. The smallest absolute Gasteiger partial charge is 0.116 e. The second-order valence-corrected chi connectivity index (χ2v) is 5.19. The maximum atomic E-state index is 5.93. The molecule has 1 aliphatic carbocycles. The molecule has 2 heterocycles. The van der Waals surface area contributed by atoms with Gasteiger partial charge in [-0.3, -0.25) is 0 Å². The maximum absolute atomic E-state index is 5.93. The van der Waals surface area contributed by atoms with Gasteiger partial charge in [0.15, 0.2) is 0 Å². The van der Waals surface area contributed by atoms with Gasteiger partial charge in [-0.05, 0) is 44.4 Å². The Labute approximate surface area is 102 Å². The maximum Gasteiger partial charge on any atom is 0.116 e. The molecule has 1 aliphatic rings. The Morgan fingerprint density at radius 2 is 2.24 bits per heavy atom. The van der Waals surface area contributed by atoms with Gasteiger partial charge in [0.2, 0.25) is 0 Å². The van der Waals surface area contributed by atoms with E-state index in [4.69, 9.17) is 10.7 Å². The molecule has 0 radical (unpaired) electrons. The molecule has 1 atom stereocenters. The third kappa shape index (κ3) is 1.65. The van der Waals surface area contributed by atoms with Crippen LogP contribution in [0.15, 0.2) is 18.3 Å². The molecule has 2 aromatic rings. The van der Waals surface area contributed by atoms with Crippen molar-refractivity contribution in [3.8, 4) is 0 Å². The van der Waals surface area contributed by atoms with Gasteiger partial charge in [0.25, 0.3) is 0 Å². The topological polar surface area (TPSA) is 43.3 Å². The van der Waals surface area contributed by atoms with Crippen LogP contribution in [0.25, 0.3) is 5.52 Å². The van der Waals surface area contributed by atoms with Gasteiger partial charge in [-0.2, -0.15) is 0 Å². The zero-order valence-corrected chi connectivity index (χ0v) is 10.5. The van der Waals surface area contributed by atoms with Crippen LogP contribution < -0.4 is 5.73 Å². The van der Waals surface area contributed by atoms with Crippen LogP contribution in [0.5, 0.6) is 0 Å². The summed E-state index contributed by atoms with van der Waals surface area (Å²) in [6, 6.07) is 4.37. The van der Waals surface area contributed by atoms with E-state index in [-0.39, 0.29) is 6.04 Å². The van der Waals surface area contributed by atoms with Crippen LogP contribution in [-0.4, -0.2) is 9.38 Å². The molecule has 17 heavy (non-hydrogen) atoms. The molecule has 1 unspecified atom stereocenters. The van der Waals surface area contributed by atoms with E-state index >= 15 is 0 Å². The largest absolute Gasteiger partial charge is 0.324 e. The van der Waals surface area contributed by atoms with E-state index in [1.807, 2.05) is 6.92 Å². The zero-order valence-electron chi connectivity index (χ0n) is 10.5. The predicted octanol–water partition coefficient (Wildman–Crippen LogP) is 2.93. The third-order valence-electron chi connectivity index (χ3n) is 3.87. The molecule has 0 saturated heterocycles. The van der Waals surface area contributed by atoms with Crippen LogP contribution in [0.2, 0.25) is 0 Å². The van der Waals surface area contributed by atoms with Gasteiger partial charge in [0.05, 0.1) is 11.2 Å². The van der Waals surface area contributed by atoms with Crippen LogP contribution >= 0.6 is 0 Å². The van der Waals surface area contributed by atoms with Crippen molar-refractivity contribution >= 4 is 5.52 Å². The Bertz CT molecular complexity index is 550. The number of rotatable bonds is 2. The molecule has 1 fully saturated rings. The first-order valence-electron chi connectivity index (χ1n) is 6.41. The molecule has 2 aromatic heterocycles. The van der Waals surface area contributed by atoms with Crippen molar-refractivity contribution < 1.29 is 0 Å². The van der Waals surface area contributed by atoms with E-state index in [1.165, 1.54) is 36.2 Å². The first-order chi connectivity index (χ1) is 8.16. The number of pyridine rings is 1. The highest BCUT2D eigenvalue weighted by Gasteiger charge is 2.24. The minimum absolute atomic E-state index is 0.0847. The summed E-state index contributed by atoms with van der Waals surface area (Å²) in [6.45, 7) is 4.10. The SMILES string of the molecule is Cc1nc(C2CCC2)n2ccc(C(C)N)cc12. The quantitative estimate of drug-likeness (QED) is 0.860. The van der Waals surface area contributed by atoms with Crippen LogP contribution in [0.4, 0.5) is 0 Å². The monoisotopic (exact) mass is 229 g/mol. The summed E-state index contributed by atoms with van der Waals surface area (Å²) in [5.41, 5.74) is 9.44. The van der Waals surface area contributed by atoms with E-state index in [0.717, 1.165) is 5.69 Å². The average molecular weight is 229 g/mol. The summed E-state index contributed by atoms with van der Waals surface area (Å²) in [5, 5.41) is 0. The Balaban J connectivity index is 2.14. The highest BCUT2D eigenvalue weighted by atomic mass is 15.0. The van der Waals surface area contributed by atoms with E-state index in [1.54, 1.807) is 0 Å². The van der Waals surface area contributed by atoms with Gasteiger partial charge < -0.3 is 10.1 Å². The highest BCUT2D eigenvalue weighted by molar-refractivity contribution is 5.55. The Morgan fingerprint density at radius 1 is 1.47 bits per heavy atom. The zero-order chi connectivity index (χ0) is 12.0. The molecule has 1 saturated carbocycles. The number of imidazole rings is 1. The second kappa shape index (κ2) is 3.84. The minimum atomic E-state index is 0.0847. The lowest BCUT2D eigenvalue weighted by atomic mass is 9.85. The first kappa shape index (κ1) is 10.8. The Kier molecular flexibility index (Phi) is 2.44. The van der Waals surface area contributed by atoms with Crippen LogP contribution in [0.1, 0.15) is 55.2 Å². The first-order valence-corrected chi connectivity index (χ1v) is 6.41. The van der Waals surface area contributed by atoms with Crippen molar-refractivity contribution in [1.29, 1.82) is 0 Å². The molecule has 0 aromatic carbocycles. The van der Waals surface area contributed by atoms with Gasteiger partial charge in [-0.1, -0.05) is 6.42 Å². The van der Waals surface area contributed by atoms with Gasteiger partial charge in [-0.15, -0.1) is 0 Å². The van der Waals surface area contributed by atoms with Crippen molar-refractivity contribution in [2.45, 2.75) is 45.1 Å². The lowest BCUT2D eigenvalue weighted by Crippen LogP contribution is -2.12. The number of hydrogen-bond donors (Lipinski definition) is 1.